The highest BCUT2D eigenvalue weighted by molar-refractivity contribution is 7.90. The third-order valence-corrected chi connectivity index (χ3v) is 6.47. The number of aromatic amines is 1. The number of imidazole rings is 1. The molecule has 3 rings (SSSR count). The number of nitrogens with zero attached hydrogens (tertiary/aromatic N) is 2. The lowest BCUT2D eigenvalue weighted by Gasteiger charge is -2.10. The van der Waals surface area contributed by atoms with Crippen molar-refractivity contribution in [2.45, 2.75) is 29.9 Å². The van der Waals surface area contributed by atoms with Crippen LogP contribution in [0.1, 0.15) is 16.1 Å². The van der Waals surface area contributed by atoms with E-state index >= 15 is 0 Å². The van der Waals surface area contributed by atoms with E-state index in [0.717, 1.165) is 16.1 Å². The van der Waals surface area contributed by atoms with Crippen LogP contribution in [-0.2, 0) is 10.0 Å². The van der Waals surface area contributed by atoms with Crippen LogP contribution in [0.15, 0.2) is 42.6 Å². The Morgan fingerprint density at radius 3 is 2.42 bits per heavy atom. The van der Waals surface area contributed by atoms with E-state index in [4.69, 9.17) is 0 Å². The molecule has 6 nitrogen and oxygen atoms in total. The van der Waals surface area contributed by atoms with Gasteiger partial charge in [0.15, 0.2) is 5.49 Å². The Balaban J connectivity index is 2.30. The summed E-state index contributed by atoms with van der Waals surface area (Å²) in [7, 11) is -3.94. The molecule has 0 aromatic heterocycles. The van der Waals surface area contributed by atoms with Gasteiger partial charge in [-0.05, 0) is 32.9 Å². The minimum atomic E-state index is -3.94. The third kappa shape index (κ3) is 2.83. The second-order valence-corrected chi connectivity index (χ2v) is 8.97. The Morgan fingerprint density at radius 2 is 1.79 bits per heavy atom. The summed E-state index contributed by atoms with van der Waals surface area (Å²) in [4.78, 5) is 15.7. The molecule has 0 unspecified atom stereocenters. The quantitative estimate of drug-likeness (QED) is 0.667. The maximum atomic E-state index is 12.5. The van der Waals surface area contributed by atoms with Gasteiger partial charge < -0.3 is 0 Å². The molecule has 0 saturated carbocycles. The lowest BCUT2D eigenvalue weighted by molar-refractivity contribution is 0.596. The normalized spacial score (nSPS) is 12.9. The van der Waals surface area contributed by atoms with Gasteiger partial charge in [-0.2, -0.15) is 8.42 Å². The van der Waals surface area contributed by atoms with Crippen molar-refractivity contribution in [2.24, 2.45) is 4.40 Å². The number of sulfonamides is 1. The number of benzene rings is 1. The van der Waals surface area contributed by atoms with Gasteiger partial charge in [0.25, 0.3) is 10.0 Å². The number of aryl methyl sites for hydroxylation is 2. The number of H-pyrrole nitrogens is 1. The first-order chi connectivity index (χ1) is 11.2. The Bertz CT molecular complexity index is 1120. The van der Waals surface area contributed by atoms with Crippen molar-refractivity contribution in [3.05, 3.63) is 56.4 Å². The number of thiol groups is 1. The average molecular weight is 382 g/mol. The summed E-state index contributed by atoms with van der Waals surface area (Å²) in [6.07, 6.45) is 0. The zero-order chi connectivity index (χ0) is 17.6. The van der Waals surface area contributed by atoms with E-state index in [-0.39, 0.29) is 10.4 Å². The molecule has 2 aliphatic rings. The fourth-order valence-corrected chi connectivity index (χ4v) is 4.70. The van der Waals surface area contributed by atoms with Crippen LogP contribution >= 0.6 is 24.0 Å². The Morgan fingerprint density at radius 1 is 1.17 bits per heavy atom. The van der Waals surface area contributed by atoms with Gasteiger partial charge >= 0.3 is 5.69 Å². The number of hydrogen-bond donors (Lipinski definition) is 2. The fourth-order valence-electron chi connectivity index (χ4n) is 2.31. The van der Waals surface area contributed by atoms with Gasteiger partial charge in [-0.15, -0.1) is 28.4 Å². The van der Waals surface area contributed by atoms with Crippen molar-refractivity contribution in [1.82, 2.24) is 9.55 Å². The van der Waals surface area contributed by atoms with Crippen molar-refractivity contribution in [1.29, 1.82) is 0 Å². The molecule has 0 radical (unpaired) electrons. The van der Waals surface area contributed by atoms with Crippen LogP contribution in [0, 0.1) is 20.8 Å². The summed E-state index contributed by atoms with van der Waals surface area (Å²) in [5.41, 5.74) is 1.59. The van der Waals surface area contributed by atoms with Crippen molar-refractivity contribution < 1.29 is 8.42 Å². The molecule has 1 aromatic rings. The first-order valence-electron chi connectivity index (χ1n) is 7.02. The number of nitrogens with one attached hydrogen (secondary N) is 1. The molecular weight excluding hydrogens is 366 g/mol. The fraction of sp³-hybridized carbons (Fsp3) is 0.200. The van der Waals surface area contributed by atoms with Crippen LogP contribution in [0.4, 0.5) is 0 Å². The minimum Gasteiger partial charge on any atom is -0.289 e. The largest absolute Gasteiger partial charge is 0.332 e. The van der Waals surface area contributed by atoms with Crippen molar-refractivity contribution in [2.75, 3.05) is 0 Å². The van der Waals surface area contributed by atoms with E-state index in [9.17, 15) is 13.2 Å². The molecule has 1 N–H and O–H groups in total. The molecule has 24 heavy (non-hydrogen) atoms. The zero-order valence-corrected chi connectivity index (χ0v) is 15.7. The molecule has 1 aromatic carbocycles. The van der Waals surface area contributed by atoms with E-state index in [2.05, 4.69) is 22.0 Å². The summed E-state index contributed by atoms with van der Waals surface area (Å²) in [6, 6.07) is 6.37. The molecule has 0 aliphatic carbocycles. The van der Waals surface area contributed by atoms with Gasteiger partial charge in [0.2, 0.25) is 0 Å². The summed E-state index contributed by atoms with van der Waals surface area (Å²) in [5.74, 6) is 0. The monoisotopic (exact) mass is 381 g/mol. The molecule has 126 valence electrons. The highest BCUT2D eigenvalue weighted by Gasteiger charge is 2.20. The first-order valence-corrected chi connectivity index (χ1v) is 9.73. The molecule has 0 saturated heterocycles. The van der Waals surface area contributed by atoms with Crippen LogP contribution in [-0.4, -0.2) is 18.0 Å². The second kappa shape index (κ2) is 5.91. The summed E-state index contributed by atoms with van der Waals surface area (Å²) < 4.78 is 30.8. The highest BCUT2D eigenvalue weighted by Crippen LogP contribution is 2.26. The Kier molecular flexibility index (Phi) is 4.18. The molecule has 0 fully saturated rings. The van der Waals surface area contributed by atoms with Crippen molar-refractivity contribution in [3.63, 3.8) is 0 Å². The van der Waals surface area contributed by atoms with Crippen LogP contribution < -0.4 is 11.2 Å². The molecule has 9 heteroatoms. The van der Waals surface area contributed by atoms with Crippen molar-refractivity contribution >= 4 is 34.0 Å². The van der Waals surface area contributed by atoms with E-state index in [1.807, 2.05) is 13.8 Å². The SMILES string of the molecule is Cc1ccc(S(=O)(=O)/N=c2\[nH]c(=O)n3c(C)c(C)sc(S)c2-3)cc1. The molecular formula is C15H15N3O3S3. The van der Waals surface area contributed by atoms with Crippen LogP contribution in [0.3, 0.4) is 0 Å². The predicted molar refractivity (Wildman–Crippen MR) is 96.1 cm³/mol. The van der Waals surface area contributed by atoms with Gasteiger partial charge in [0.05, 0.1) is 9.10 Å². The summed E-state index contributed by atoms with van der Waals surface area (Å²) >= 11 is 5.75. The number of rotatable bonds is 2. The van der Waals surface area contributed by atoms with Gasteiger partial charge in [0, 0.05) is 10.6 Å². The van der Waals surface area contributed by atoms with Gasteiger partial charge in [-0.1, -0.05) is 17.7 Å². The van der Waals surface area contributed by atoms with Gasteiger partial charge in [0.1, 0.15) is 5.69 Å². The van der Waals surface area contributed by atoms with Gasteiger partial charge in [-0.3, -0.25) is 9.55 Å². The lowest BCUT2D eigenvalue weighted by atomic mass is 10.2. The third-order valence-electron chi connectivity index (χ3n) is 3.70. The number of fused-ring (bicyclic) bond motifs is 1. The van der Waals surface area contributed by atoms with E-state index in [1.165, 1.54) is 28.0 Å². The number of aromatic nitrogens is 2. The topological polar surface area (TPSA) is 84.3 Å². The van der Waals surface area contributed by atoms with E-state index in [1.54, 1.807) is 19.1 Å². The number of hydrogen-bond acceptors (Lipinski definition) is 5. The van der Waals surface area contributed by atoms with E-state index in [0.29, 0.717) is 9.90 Å². The maximum absolute atomic E-state index is 12.5. The Labute approximate surface area is 148 Å². The lowest BCUT2D eigenvalue weighted by Crippen LogP contribution is -2.17. The molecule has 2 aliphatic heterocycles. The highest BCUT2D eigenvalue weighted by atomic mass is 32.2. The maximum Gasteiger partial charge on any atom is 0.332 e. The Hall–Kier alpha value is -1.84. The average Bonchev–Trinajstić information content (AvgIpc) is 2.81. The van der Waals surface area contributed by atoms with Crippen LogP contribution in [0.25, 0.3) is 5.69 Å². The summed E-state index contributed by atoms with van der Waals surface area (Å²) in [5, 5.41) is 0. The smallest absolute Gasteiger partial charge is 0.289 e. The van der Waals surface area contributed by atoms with E-state index < -0.39 is 15.7 Å². The second-order valence-electron chi connectivity index (χ2n) is 5.39. The molecule has 2 heterocycles. The van der Waals surface area contributed by atoms with Crippen LogP contribution in [0.5, 0.6) is 0 Å². The first kappa shape index (κ1) is 17.0. The summed E-state index contributed by atoms with van der Waals surface area (Å²) in [6.45, 7) is 5.53. The standard InChI is InChI=1S/C15H15N3O3S3/c1-8-4-6-11(7-5-8)24(20,21)17-13-12-14(22)23-10(3)9(2)18(12)15(19)16-13/h4-7,22H,1-3H3,(H,16,17,19). The molecule has 0 spiro atoms. The molecule has 0 atom stereocenters. The molecule has 0 amide bonds. The molecule has 0 bridgehead atoms. The van der Waals surface area contributed by atoms with Crippen molar-refractivity contribution in [3.8, 4) is 5.69 Å². The zero-order valence-electron chi connectivity index (χ0n) is 13.2. The minimum absolute atomic E-state index is 0.00933. The van der Waals surface area contributed by atoms with Crippen LogP contribution in [0.2, 0.25) is 0 Å². The van der Waals surface area contributed by atoms with Gasteiger partial charge in [-0.25, -0.2) is 4.79 Å². The predicted octanol–water partition coefficient (Wildman–Crippen LogP) is 2.17.